The summed E-state index contributed by atoms with van der Waals surface area (Å²) in [5, 5.41) is 14.4. The molecule has 1 saturated heterocycles. The third-order valence-electron chi connectivity index (χ3n) is 2.77. The van der Waals surface area contributed by atoms with Gasteiger partial charge in [0.2, 0.25) is 0 Å². The first-order valence-electron chi connectivity index (χ1n) is 4.97. The predicted octanol–water partition coefficient (Wildman–Crippen LogP) is 2.26. The van der Waals surface area contributed by atoms with Crippen LogP contribution in [0.2, 0.25) is 10.0 Å². The van der Waals surface area contributed by atoms with E-state index >= 15 is 0 Å². The van der Waals surface area contributed by atoms with Crippen LogP contribution in [0.5, 0.6) is 0 Å². The maximum Gasteiger partial charge on any atom is 0.0824 e. The van der Waals surface area contributed by atoms with Crippen molar-refractivity contribution in [1.29, 1.82) is 0 Å². The molecule has 0 amide bonds. The smallest absolute Gasteiger partial charge is 0.0824 e. The van der Waals surface area contributed by atoms with Crippen LogP contribution in [0.4, 0.5) is 0 Å². The van der Waals surface area contributed by atoms with Crippen molar-refractivity contribution in [2.75, 3.05) is 13.1 Å². The van der Waals surface area contributed by atoms with Crippen LogP contribution in [0.15, 0.2) is 18.2 Å². The third kappa shape index (κ3) is 2.45. The topological polar surface area (TPSA) is 32.3 Å². The van der Waals surface area contributed by atoms with E-state index in [0.29, 0.717) is 23.0 Å². The second-order valence-corrected chi connectivity index (χ2v) is 4.83. The summed E-state index contributed by atoms with van der Waals surface area (Å²) in [7, 11) is 0. The largest absolute Gasteiger partial charge is 0.388 e. The fraction of sp³-hybridized carbons (Fsp3) is 0.455. The Bertz CT molecular complexity index is 362. The van der Waals surface area contributed by atoms with Crippen molar-refractivity contribution >= 4 is 23.2 Å². The molecule has 82 valence electrons. The van der Waals surface area contributed by atoms with E-state index in [1.165, 1.54) is 0 Å². The lowest BCUT2D eigenvalue weighted by molar-refractivity contribution is 0.0619. The first kappa shape index (κ1) is 11.2. The summed E-state index contributed by atoms with van der Waals surface area (Å²) in [6, 6.07) is 5.52. The quantitative estimate of drug-likeness (QED) is 0.838. The second kappa shape index (κ2) is 4.30. The van der Waals surface area contributed by atoms with Crippen LogP contribution in [0, 0.1) is 0 Å². The third-order valence-corrected chi connectivity index (χ3v) is 3.63. The maximum atomic E-state index is 10.2. The molecule has 1 aromatic carbocycles. The lowest BCUT2D eigenvalue weighted by atomic mass is 9.94. The Morgan fingerprint density at radius 1 is 1.40 bits per heavy atom. The molecule has 1 aromatic rings. The summed E-state index contributed by atoms with van der Waals surface area (Å²) < 4.78 is 0. The number of β-amino-alcohol motifs (C(OH)–C–C–N with tert-alkyl or cyclic N) is 1. The van der Waals surface area contributed by atoms with Gasteiger partial charge >= 0.3 is 0 Å². The lowest BCUT2D eigenvalue weighted by Crippen LogP contribution is -2.33. The Hall–Kier alpha value is -0.280. The van der Waals surface area contributed by atoms with Crippen molar-refractivity contribution in [3.63, 3.8) is 0 Å². The summed E-state index contributed by atoms with van der Waals surface area (Å²) in [4.78, 5) is 0. The number of rotatable bonds is 2. The number of halogens is 2. The average Bonchev–Trinajstić information content (AvgIpc) is 2.60. The van der Waals surface area contributed by atoms with Crippen LogP contribution in [-0.2, 0) is 6.42 Å². The van der Waals surface area contributed by atoms with Crippen LogP contribution in [-0.4, -0.2) is 23.8 Å². The molecule has 1 fully saturated rings. The van der Waals surface area contributed by atoms with Crippen LogP contribution < -0.4 is 5.32 Å². The Balaban J connectivity index is 2.20. The van der Waals surface area contributed by atoms with Gasteiger partial charge < -0.3 is 10.4 Å². The summed E-state index contributed by atoms with van der Waals surface area (Å²) in [5.41, 5.74) is 0.240. The first-order valence-corrected chi connectivity index (χ1v) is 5.72. The first-order chi connectivity index (χ1) is 7.11. The van der Waals surface area contributed by atoms with Gasteiger partial charge in [0, 0.05) is 13.0 Å². The zero-order valence-corrected chi connectivity index (χ0v) is 9.78. The number of aliphatic hydroxyl groups is 1. The van der Waals surface area contributed by atoms with E-state index in [1.54, 1.807) is 6.07 Å². The van der Waals surface area contributed by atoms with Gasteiger partial charge in [-0.2, -0.15) is 0 Å². The normalized spacial score (nSPS) is 25.8. The molecule has 15 heavy (non-hydrogen) atoms. The Morgan fingerprint density at radius 3 is 2.87 bits per heavy atom. The molecule has 0 radical (unpaired) electrons. The summed E-state index contributed by atoms with van der Waals surface area (Å²) >= 11 is 12.0. The standard InChI is InChI=1S/C11H13Cl2NO/c12-9-3-1-2-8(10(9)13)6-11(15)4-5-14-7-11/h1-3,14-15H,4-7H2. The Morgan fingerprint density at radius 2 is 2.20 bits per heavy atom. The van der Waals surface area contributed by atoms with E-state index in [9.17, 15) is 5.11 Å². The van der Waals surface area contributed by atoms with E-state index in [-0.39, 0.29) is 0 Å². The molecule has 0 aliphatic carbocycles. The van der Waals surface area contributed by atoms with E-state index in [0.717, 1.165) is 18.5 Å². The van der Waals surface area contributed by atoms with Crippen molar-refractivity contribution in [2.24, 2.45) is 0 Å². The van der Waals surface area contributed by atoms with Crippen molar-refractivity contribution in [1.82, 2.24) is 5.32 Å². The highest BCUT2D eigenvalue weighted by atomic mass is 35.5. The molecule has 2 N–H and O–H groups in total. The van der Waals surface area contributed by atoms with E-state index in [2.05, 4.69) is 5.32 Å². The molecule has 1 atom stereocenters. The number of benzene rings is 1. The molecule has 0 bridgehead atoms. The predicted molar refractivity (Wildman–Crippen MR) is 62.6 cm³/mol. The Kier molecular flexibility index (Phi) is 3.21. The summed E-state index contributed by atoms with van der Waals surface area (Å²) in [6.45, 7) is 1.48. The van der Waals surface area contributed by atoms with Crippen LogP contribution in [0.25, 0.3) is 0 Å². The molecule has 4 heteroatoms. The minimum atomic E-state index is -0.672. The van der Waals surface area contributed by atoms with Gasteiger partial charge in [-0.3, -0.25) is 0 Å². The van der Waals surface area contributed by atoms with Crippen LogP contribution in [0.1, 0.15) is 12.0 Å². The minimum absolute atomic E-state index is 0.545. The van der Waals surface area contributed by atoms with E-state index in [1.807, 2.05) is 12.1 Å². The van der Waals surface area contributed by atoms with E-state index < -0.39 is 5.60 Å². The molecular weight excluding hydrogens is 233 g/mol. The summed E-state index contributed by atoms with van der Waals surface area (Å²) in [5.74, 6) is 0. The van der Waals surface area contributed by atoms with Crippen LogP contribution in [0.3, 0.4) is 0 Å². The van der Waals surface area contributed by atoms with Crippen molar-refractivity contribution in [3.05, 3.63) is 33.8 Å². The minimum Gasteiger partial charge on any atom is -0.388 e. The number of hydrogen-bond donors (Lipinski definition) is 2. The fourth-order valence-corrected chi connectivity index (χ4v) is 2.31. The second-order valence-electron chi connectivity index (χ2n) is 4.04. The lowest BCUT2D eigenvalue weighted by Gasteiger charge is -2.21. The van der Waals surface area contributed by atoms with Crippen molar-refractivity contribution in [2.45, 2.75) is 18.4 Å². The highest BCUT2D eigenvalue weighted by Gasteiger charge is 2.31. The van der Waals surface area contributed by atoms with Crippen LogP contribution >= 0.6 is 23.2 Å². The van der Waals surface area contributed by atoms with Gasteiger partial charge in [0.1, 0.15) is 0 Å². The molecule has 1 heterocycles. The Labute approximate surface area is 99.2 Å². The van der Waals surface area contributed by atoms with Gasteiger partial charge in [-0.05, 0) is 24.6 Å². The molecule has 2 nitrogen and oxygen atoms in total. The van der Waals surface area contributed by atoms with Gasteiger partial charge in [0.25, 0.3) is 0 Å². The zero-order chi connectivity index (χ0) is 10.9. The molecule has 1 aliphatic heterocycles. The van der Waals surface area contributed by atoms with Gasteiger partial charge in [0.15, 0.2) is 0 Å². The average molecular weight is 246 g/mol. The molecular formula is C11H13Cl2NO. The van der Waals surface area contributed by atoms with Gasteiger partial charge in [-0.15, -0.1) is 0 Å². The molecule has 1 aliphatic rings. The van der Waals surface area contributed by atoms with Crippen molar-refractivity contribution in [3.8, 4) is 0 Å². The number of nitrogens with one attached hydrogen (secondary N) is 1. The molecule has 1 unspecified atom stereocenters. The van der Waals surface area contributed by atoms with Gasteiger partial charge in [0.05, 0.1) is 15.6 Å². The molecule has 2 rings (SSSR count). The SMILES string of the molecule is OC1(Cc2cccc(Cl)c2Cl)CCNC1. The molecule has 0 spiro atoms. The number of hydrogen-bond acceptors (Lipinski definition) is 2. The van der Waals surface area contributed by atoms with Gasteiger partial charge in [-0.1, -0.05) is 35.3 Å². The molecule has 0 saturated carbocycles. The monoisotopic (exact) mass is 245 g/mol. The zero-order valence-electron chi connectivity index (χ0n) is 8.26. The van der Waals surface area contributed by atoms with E-state index in [4.69, 9.17) is 23.2 Å². The molecule has 0 aromatic heterocycles. The fourth-order valence-electron chi connectivity index (χ4n) is 1.92. The van der Waals surface area contributed by atoms with Gasteiger partial charge in [-0.25, -0.2) is 0 Å². The van der Waals surface area contributed by atoms with Crippen molar-refractivity contribution < 1.29 is 5.11 Å². The summed E-state index contributed by atoms with van der Waals surface area (Å²) in [6.07, 6.45) is 1.31. The highest BCUT2D eigenvalue weighted by molar-refractivity contribution is 6.42. The highest BCUT2D eigenvalue weighted by Crippen LogP contribution is 2.30. The maximum absolute atomic E-state index is 10.2.